The Bertz CT molecular complexity index is 523. The molecular formula is C14H18N2O. The third kappa shape index (κ3) is 2.24. The zero-order chi connectivity index (χ0) is 12.3. The van der Waals surface area contributed by atoms with Crippen LogP contribution in [-0.2, 0) is 6.42 Å². The van der Waals surface area contributed by atoms with E-state index in [4.69, 9.17) is 10.5 Å². The summed E-state index contributed by atoms with van der Waals surface area (Å²) in [5, 5.41) is 1.21. The van der Waals surface area contributed by atoms with Crippen molar-refractivity contribution in [3.63, 3.8) is 0 Å². The van der Waals surface area contributed by atoms with Crippen LogP contribution in [0.1, 0.15) is 17.5 Å². The number of hydrogen-bond donors (Lipinski definition) is 1. The summed E-state index contributed by atoms with van der Waals surface area (Å²) >= 11 is 0. The van der Waals surface area contributed by atoms with Gasteiger partial charge in [0.05, 0.1) is 12.6 Å². The van der Waals surface area contributed by atoms with Crippen LogP contribution in [0.3, 0.4) is 0 Å². The molecule has 0 aliphatic rings. The lowest BCUT2D eigenvalue weighted by molar-refractivity contribution is 0.410. The topological polar surface area (TPSA) is 48.1 Å². The van der Waals surface area contributed by atoms with Gasteiger partial charge in [-0.15, -0.1) is 0 Å². The van der Waals surface area contributed by atoms with E-state index >= 15 is 0 Å². The Labute approximate surface area is 102 Å². The lowest BCUT2D eigenvalue weighted by atomic mass is 9.99. The van der Waals surface area contributed by atoms with E-state index in [2.05, 4.69) is 11.9 Å². The maximum atomic E-state index is 5.59. The molecule has 2 rings (SSSR count). The first-order chi connectivity index (χ1) is 8.27. The van der Waals surface area contributed by atoms with Gasteiger partial charge in [-0.05, 0) is 50.1 Å². The van der Waals surface area contributed by atoms with E-state index in [-0.39, 0.29) is 0 Å². The monoisotopic (exact) mass is 230 g/mol. The largest absolute Gasteiger partial charge is 0.496 e. The highest BCUT2D eigenvalue weighted by Gasteiger charge is 2.10. The molecule has 17 heavy (non-hydrogen) atoms. The molecule has 0 atom stereocenters. The Morgan fingerprint density at radius 1 is 1.29 bits per heavy atom. The molecule has 2 aromatic rings. The van der Waals surface area contributed by atoms with Crippen molar-refractivity contribution < 1.29 is 4.74 Å². The fourth-order valence-corrected chi connectivity index (χ4v) is 2.19. The average Bonchev–Trinajstić information content (AvgIpc) is 2.36. The van der Waals surface area contributed by atoms with Crippen LogP contribution >= 0.6 is 0 Å². The number of nitrogens with two attached hydrogens (primary N) is 1. The molecule has 0 amide bonds. The number of aryl methyl sites for hydroxylation is 2. The maximum Gasteiger partial charge on any atom is 0.122 e. The van der Waals surface area contributed by atoms with E-state index in [1.807, 2.05) is 24.4 Å². The lowest BCUT2D eigenvalue weighted by Crippen LogP contribution is -2.03. The quantitative estimate of drug-likeness (QED) is 0.877. The summed E-state index contributed by atoms with van der Waals surface area (Å²) in [6, 6.07) is 6.03. The molecule has 0 bridgehead atoms. The van der Waals surface area contributed by atoms with Gasteiger partial charge >= 0.3 is 0 Å². The second-order valence-electron chi connectivity index (χ2n) is 4.16. The first kappa shape index (κ1) is 11.9. The van der Waals surface area contributed by atoms with Crippen molar-refractivity contribution in [1.29, 1.82) is 0 Å². The van der Waals surface area contributed by atoms with E-state index < -0.39 is 0 Å². The van der Waals surface area contributed by atoms with Gasteiger partial charge in [0.15, 0.2) is 0 Å². The second kappa shape index (κ2) is 5.15. The summed E-state index contributed by atoms with van der Waals surface area (Å²) in [6.45, 7) is 2.80. The molecule has 0 fully saturated rings. The van der Waals surface area contributed by atoms with Crippen LogP contribution in [0.15, 0.2) is 24.4 Å². The summed E-state index contributed by atoms with van der Waals surface area (Å²) in [4.78, 5) is 4.40. The van der Waals surface area contributed by atoms with E-state index in [0.29, 0.717) is 6.54 Å². The van der Waals surface area contributed by atoms with Crippen LogP contribution in [0.4, 0.5) is 0 Å². The number of nitrogens with zero attached hydrogens (tertiary/aromatic N) is 1. The van der Waals surface area contributed by atoms with Crippen molar-refractivity contribution in [3.05, 3.63) is 35.5 Å². The van der Waals surface area contributed by atoms with Gasteiger partial charge in [0, 0.05) is 17.1 Å². The number of methoxy groups -OCH3 is 1. The minimum Gasteiger partial charge on any atom is -0.496 e. The van der Waals surface area contributed by atoms with E-state index in [1.165, 1.54) is 16.5 Å². The predicted octanol–water partition coefficient (Wildman–Crippen LogP) is 2.44. The van der Waals surface area contributed by atoms with Gasteiger partial charge in [-0.1, -0.05) is 0 Å². The van der Waals surface area contributed by atoms with Gasteiger partial charge in [-0.3, -0.25) is 4.98 Å². The van der Waals surface area contributed by atoms with Gasteiger partial charge in [0.2, 0.25) is 0 Å². The number of pyridine rings is 1. The summed E-state index contributed by atoms with van der Waals surface area (Å²) in [5.41, 5.74) is 9.08. The first-order valence-electron chi connectivity index (χ1n) is 5.89. The number of benzene rings is 1. The Hall–Kier alpha value is -1.61. The van der Waals surface area contributed by atoms with Crippen molar-refractivity contribution in [3.8, 4) is 5.75 Å². The standard InChI is InChI=1S/C14H18N2O/c1-10-7-9-16-12-5-6-13(17-2)11(14(10)12)4-3-8-15/h5-7,9H,3-4,8,15H2,1-2H3. The van der Waals surface area contributed by atoms with Gasteiger partial charge in [0.1, 0.15) is 5.75 Å². The van der Waals surface area contributed by atoms with Crippen molar-refractivity contribution in [2.75, 3.05) is 13.7 Å². The van der Waals surface area contributed by atoms with Crippen molar-refractivity contribution in [2.45, 2.75) is 19.8 Å². The fourth-order valence-electron chi connectivity index (χ4n) is 2.19. The Balaban J connectivity index is 2.64. The SMILES string of the molecule is COc1ccc2nccc(C)c2c1CCCN. The number of hydrogen-bond acceptors (Lipinski definition) is 3. The number of rotatable bonds is 4. The molecule has 0 saturated carbocycles. The molecule has 3 heteroatoms. The molecular weight excluding hydrogens is 212 g/mol. The molecule has 0 spiro atoms. The highest BCUT2D eigenvalue weighted by Crippen LogP contribution is 2.30. The van der Waals surface area contributed by atoms with Crippen LogP contribution in [0, 0.1) is 6.92 Å². The molecule has 0 aliphatic heterocycles. The summed E-state index contributed by atoms with van der Waals surface area (Å²) in [6.07, 6.45) is 3.74. The van der Waals surface area contributed by atoms with Crippen LogP contribution in [0.2, 0.25) is 0 Å². The molecule has 0 radical (unpaired) electrons. The third-order valence-electron chi connectivity index (χ3n) is 3.03. The zero-order valence-corrected chi connectivity index (χ0v) is 10.4. The number of ether oxygens (including phenoxy) is 1. The Morgan fingerprint density at radius 3 is 2.82 bits per heavy atom. The van der Waals surface area contributed by atoms with Crippen LogP contribution in [-0.4, -0.2) is 18.6 Å². The summed E-state index contributed by atoms with van der Waals surface area (Å²) < 4.78 is 5.44. The molecule has 2 N–H and O–H groups in total. The molecule has 90 valence electrons. The van der Waals surface area contributed by atoms with Gasteiger partial charge in [-0.25, -0.2) is 0 Å². The van der Waals surface area contributed by atoms with Crippen molar-refractivity contribution >= 4 is 10.9 Å². The molecule has 1 aromatic heterocycles. The molecule has 1 heterocycles. The summed E-state index contributed by atoms with van der Waals surface area (Å²) in [7, 11) is 1.71. The fraction of sp³-hybridized carbons (Fsp3) is 0.357. The van der Waals surface area contributed by atoms with Crippen molar-refractivity contribution in [1.82, 2.24) is 4.98 Å². The van der Waals surface area contributed by atoms with Crippen LogP contribution < -0.4 is 10.5 Å². The van der Waals surface area contributed by atoms with E-state index in [9.17, 15) is 0 Å². The first-order valence-corrected chi connectivity index (χ1v) is 5.89. The average molecular weight is 230 g/mol. The summed E-state index contributed by atoms with van der Waals surface area (Å²) in [5.74, 6) is 0.932. The molecule has 0 saturated heterocycles. The minimum absolute atomic E-state index is 0.693. The van der Waals surface area contributed by atoms with Crippen LogP contribution in [0.5, 0.6) is 5.75 Å². The highest BCUT2D eigenvalue weighted by atomic mass is 16.5. The normalized spacial score (nSPS) is 10.8. The number of fused-ring (bicyclic) bond motifs is 1. The van der Waals surface area contributed by atoms with E-state index in [1.54, 1.807) is 7.11 Å². The number of aromatic nitrogens is 1. The molecule has 3 nitrogen and oxygen atoms in total. The molecule has 0 aliphatic carbocycles. The van der Waals surface area contributed by atoms with Gasteiger partial charge in [-0.2, -0.15) is 0 Å². The lowest BCUT2D eigenvalue weighted by Gasteiger charge is -2.13. The Kier molecular flexibility index (Phi) is 3.59. The van der Waals surface area contributed by atoms with E-state index in [0.717, 1.165) is 24.1 Å². The Morgan fingerprint density at radius 2 is 2.12 bits per heavy atom. The zero-order valence-electron chi connectivity index (χ0n) is 10.4. The van der Waals surface area contributed by atoms with Gasteiger partial charge < -0.3 is 10.5 Å². The minimum atomic E-state index is 0.693. The van der Waals surface area contributed by atoms with Crippen LogP contribution in [0.25, 0.3) is 10.9 Å². The van der Waals surface area contributed by atoms with Crippen molar-refractivity contribution in [2.24, 2.45) is 5.73 Å². The highest BCUT2D eigenvalue weighted by molar-refractivity contribution is 5.87. The van der Waals surface area contributed by atoms with Gasteiger partial charge in [0.25, 0.3) is 0 Å². The predicted molar refractivity (Wildman–Crippen MR) is 70.4 cm³/mol. The maximum absolute atomic E-state index is 5.59. The second-order valence-corrected chi connectivity index (χ2v) is 4.16. The third-order valence-corrected chi connectivity index (χ3v) is 3.03. The smallest absolute Gasteiger partial charge is 0.122 e. The molecule has 1 aromatic carbocycles. The molecule has 0 unspecified atom stereocenters.